The molecule has 0 aliphatic rings. The number of carbonyl (C=O) groups excluding carboxylic acids is 2. The van der Waals surface area contributed by atoms with Crippen molar-refractivity contribution < 1.29 is 31.9 Å². The lowest BCUT2D eigenvalue weighted by Gasteiger charge is -2.09. The van der Waals surface area contributed by atoms with Crippen LogP contribution in [0.5, 0.6) is 5.75 Å². The Labute approximate surface area is 202 Å². The molecule has 3 rings (SSSR count). The number of primary sulfonamides is 1. The van der Waals surface area contributed by atoms with Crippen LogP contribution in [0.2, 0.25) is 0 Å². The largest absolute Gasteiger partial charge is 0.457 e. The van der Waals surface area contributed by atoms with Crippen LogP contribution in [0.25, 0.3) is 11.0 Å². The highest BCUT2D eigenvalue weighted by Gasteiger charge is 2.10. The Kier molecular flexibility index (Phi) is 8.61. The van der Waals surface area contributed by atoms with Crippen molar-refractivity contribution >= 4 is 32.9 Å². The SMILES string of the molecule is Cc1cc(=O)oc2cc(OCOC(=O)CCCCCNC(=O)c3ccc(S(N)(=O)=O)cc3)ccc12. The molecular formula is C24H26N2O8S. The average Bonchev–Trinajstić information content (AvgIpc) is 2.80. The topological polar surface area (TPSA) is 155 Å². The summed E-state index contributed by atoms with van der Waals surface area (Å²) in [6.45, 7) is 1.96. The number of rotatable bonds is 11. The number of carbonyl (C=O) groups is 2. The summed E-state index contributed by atoms with van der Waals surface area (Å²) in [5.41, 5.74) is 1.07. The minimum Gasteiger partial charge on any atom is -0.457 e. The Hall–Kier alpha value is -3.70. The summed E-state index contributed by atoms with van der Waals surface area (Å²) in [7, 11) is -3.80. The van der Waals surface area contributed by atoms with Gasteiger partial charge in [-0.15, -0.1) is 0 Å². The summed E-state index contributed by atoms with van der Waals surface area (Å²) in [5, 5.41) is 8.56. The van der Waals surface area contributed by atoms with Crippen LogP contribution in [-0.2, 0) is 19.6 Å². The lowest BCUT2D eigenvalue weighted by Crippen LogP contribution is -2.24. The first kappa shape index (κ1) is 25.9. The number of hydrogen-bond acceptors (Lipinski definition) is 8. The number of amides is 1. The molecule has 1 aromatic heterocycles. The Morgan fingerprint density at radius 3 is 2.49 bits per heavy atom. The monoisotopic (exact) mass is 502 g/mol. The van der Waals surface area contributed by atoms with Gasteiger partial charge in [0.15, 0.2) is 0 Å². The molecule has 0 bridgehead atoms. The molecule has 0 aliphatic heterocycles. The number of ether oxygens (including phenoxy) is 2. The van der Waals surface area contributed by atoms with E-state index in [2.05, 4.69) is 5.32 Å². The number of sulfonamides is 1. The summed E-state index contributed by atoms with van der Waals surface area (Å²) in [4.78, 5) is 35.4. The van der Waals surface area contributed by atoms with E-state index in [0.29, 0.717) is 42.7 Å². The molecule has 3 aromatic rings. The second-order valence-corrected chi connectivity index (χ2v) is 9.38. The molecule has 2 aromatic carbocycles. The summed E-state index contributed by atoms with van der Waals surface area (Å²) in [5.74, 6) is -0.327. The highest BCUT2D eigenvalue weighted by molar-refractivity contribution is 7.89. The van der Waals surface area contributed by atoms with Gasteiger partial charge < -0.3 is 19.2 Å². The van der Waals surface area contributed by atoms with E-state index in [9.17, 15) is 22.8 Å². The van der Waals surface area contributed by atoms with Gasteiger partial charge in [-0.2, -0.15) is 0 Å². The van der Waals surface area contributed by atoms with Gasteiger partial charge >= 0.3 is 11.6 Å². The van der Waals surface area contributed by atoms with Crippen LogP contribution in [0.4, 0.5) is 0 Å². The summed E-state index contributed by atoms with van der Waals surface area (Å²) in [6.07, 6.45) is 2.15. The maximum atomic E-state index is 12.1. The van der Waals surface area contributed by atoms with Crippen molar-refractivity contribution in [3.8, 4) is 5.75 Å². The molecular weight excluding hydrogens is 476 g/mol. The maximum Gasteiger partial charge on any atom is 0.336 e. The molecule has 35 heavy (non-hydrogen) atoms. The molecule has 0 saturated heterocycles. The standard InChI is InChI=1S/C24H26N2O8S/c1-16-13-23(28)34-21-14-18(8-11-20(16)21)32-15-33-22(27)5-3-2-4-12-26-24(29)17-6-9-19(10-7-17)35(25,30)31/h6-11,13-14H,2-5,12,15H2,1H3,(H,26,29)(H2,25,30,31). The van der Waals surface area contributed by atoms with Gasteiger partial charge in [0.25, 0.3) is 5.91 Å². The van der Waals surface area contributed by atoms with E-state index in [4.69, 9.17) is 19.0 Å². The molecule has 0 radical (unpaired) electrons. The van der Waals surface area contributed by atoms with Gasteiger partial charge in [0.1, 0.15) is 11.3 Å². The van der Waals surface area contributed by atoms with Crippen LogP contribution in [0.15, 0.2) is 62.6 Å². The third-order valence-electron chi connectivity index (χ3n) is 5.16. The smallest absolute Gasteiger partial charge is 0.336 e. The van der Waals surface area contributed by atoms with E-state index in [1.807, 2.05) is 6.92 Å². The fourth-order valence-corrected chi connectivity index (χ4v) is 3.82. The van der Waals surface area contributed by atoms with Crippen LogP contribution < -0.4 is 20.8 Å². The number of benzene rings is 2. The van der Waals surface area contributed by atoms with E-state index < -0.39 is 21.6 Å². The van der Waals surface area contributed by atoms with Gasteiger partial charge in [-0.1, -0.05) is 6.42 Å². The quantitative estimate of drug-likeness (QED) is 0.175. The number of fused-ring (bicyclic) bond motifs is 1. The first-order valence-corrected chi connectivity index (χ1v) is 12.4. The van der Waals surface area contributed by atoms with Crippen molar-refractivity contribution in [2.75, 3.05) is 13.3 Å². The Morgan fingerprint density at radius 1 is 1.03 bits per heavy atom. The van der Waals surface area contributed by atoms with Crippen LogP contribution in [0.1, 0.15) is 41.6 Å². The highest BCUT2D eigenvalue weighted by atomic mass is 32.2. The molecule has 0 fully saturated rings. The molecule has 1 amide bonds. The predicted octanol–water partition coefficient (Wildman–Crippen LogP) is 2.62. The van der Waals surface area contributed by atoms with E-state index in [0.717, 1.165) is 10.9 Å². The first-order chi connectivity index (χ1) is 16.6. The molecule has 0 unspecified atom stereocenters. The lowest BCUT2D eigenvalue weighted by molar-refractivity contribution is -0.150. The Bertz CT molecular complexity index is 1360. The zero-order valence-corrected chi connectivity index (χ0v) is 19.9. The minimum absolute atomic E-state index is 0.0629. The number of nitrogens with two attached hydrogens (primary N) is 1. The minimum atomic E-state index is -3.80. The third-order valence-corrected chi connectivity index (χ3v) is 6.09. The molecule has 0 aliphatic carbocycles. The van der Waals surface area contributed by atoms with Gasteiger partial charge in [-0.3, -0.25) is 9.59 Å². The number of unbranched alkanes of at least 4 members (excludes halogenated alkanes) is 2. The van der Waals surface area contributed by atoms with E-state index in [1.54, 1.807) is 18.2 Å². The van der Waals surface area contributed by atoms with E-state index in [1.165, 1.54) is 30.3 Å². The molecule has 3 N–H and O–H groups in total. The molecule has 0 atom stereocenters. The van der Waals surface area contributed by atoms with Gasteiger partial charge in [0.05, 0.1) is 4.90 Å². The summed E-state index contributed by atoms with van der Waals surface area (Å²) >= 11 is 0. The van der Waals surface area contributed by atoms with Crippen LogP contribution >= 0.6 is 0 Å². The van der Waals surface area contributed by atoms with Gasteiger partial charge in [0, 0.05) is 36.0 Å². The van der Waals surface area contributed by atoms with Gasteiger partial charge in [-0.05, 0) is 61.7 Å². The number of nitrogens with one attached hydrogen (secondary N) is 1. The van der Waals surface area contributed by atoms with E-state index >= 15 is 0 Å². The summed E-state index contributed by atoms with van der Waals surface area (Å²) < 4.78 is 38.1. The van der Waals surface area contributed by atoms with Crippen LogP contribution in [0.3, 0.4) is 0 Å². The van der Waals surface area contributed by atoms with E-state index in [-0.39, 0.29) is 24.0 Å². The second kappa shape index (κ2) is 11.6. The van der Waals surface area contributed by atoms with Crippen molar-refractivity contribution in [3.63, 3.8) is 0 Å². The molecule has 0 spiro atoms. The number of hydrogen-bond donors (Lipinski definition) is 2. The molecule has 10 nitrogen and oxygen atoms in total. The molecule has 1 heterocycles. The van der Waals surface area contributed by atoms with Gasteiger partial charge in [0.2, 0.25) is 16.8 Å². The average molecular weight is 503 g/mol. The third kappa shape index (κ3) is 7.66. The van der Waals surface area contributed by atoms with Crippen molar-refractivity contribution in [1.29, 1.82) is 0 Å². The molecule has 0 saturated carbocycles. The fourth-order valence-electron chi connectivity index (χ4n) is 3.30. The Balaban J connectivity index is 1.30. The van der Waals surface area contributed by atoms with Crippen LogP contribution in [0, 0.1) is 6.92 Å². The van der Waals surface area contributed by atoms with Crippen molar-refractivity contribution in [2.24, 2.45) is 5.14 Å². The Morgan fingerprint density at radius 2 is 1.77 bits per heavy atom. The lowest BCUT2D eigenvalue weighted by atomic mass is 10.1. The number of esters is 1. The maximum absolute atomic E-state index is 12.1. The number of aryl methyl sites for hydroxylation is 1. The van der Waals surface area contributed by atoms with Crippen LogP contribution in [-0.4, -0.2) is 33.6 Å². The first-order valence-electron chi connectivity index (χ1n) is 10.9. The predicted molar refractivity (Wildman–Crippen MR) is 127 cm³/mol. The molecule has 186 valence electrons. The van der Waals surface area contributed by atoms with Gasteiger partial charge in [-0.25, -0.2) is 18.4 Å². The van der Waals surface area contributed by atoms with Crippen molar-refractivity contribution in [3.05, 3.63) is 70.1 Å². The normalized spacial score (nSPS) is 11.3. The highest BCUT2D eigenvalue weighted by Crippen LogP contribution is 2.22. The summed E-state index contributed by atoms with van der Waals surface area (Å²) in [6, 6.07) is 11.8. The zero-order chi connectivity index (χ0) is 25.4. The zero-order valence-electron chi connectivity index (χ0n) is 19.1. The second-order valence-electron chi connectivity index (χ2n) is 7.82. The molecule has 11 heteroatoms. The fraction of sp³-hybridized carbons (Fsp3) is 0.292. The van der Waals surface area contributed by atoms with Crippen molar-refractivity contribution in [2.45, 2.75) is 37.5 Å². The van der Waals surface area contributed by atoms with Crippen molar-refractivity contribution in [1.82, 2.24) is 5.32 Å².